The first-order valence-electron chi connectivity index (χ1n) is 6.13. The second kappa shape index (κ2) is 7.01. The topological polar surface area (TPSA) is 34.1 Å². The van der Waals surface area contributed by atoms with Crippen molar-refractivity contribution in [3.63, 3.8) is 0 Å². The molecule has 20 heavy (non-hydrogen) atoms. The molecule has 0 saturated carbocycles. The molecule has 0 aliphatic carbocycles. The van der Waals surface area contributed by atoms with Crippen molar-refractivity contribution in [3.8, 4) is 0 Å². The van der Waals surface area contributed by atoms with Crippen LogP contribution in [0.25, 0.3) is 0 Å². The quantitative estimate of drug-likeness (QED) is 0.565. The first-order chi connectivity index (χ1) is 9.56. The number of rotatable bonds is 5. The van der Waals surface area contributed by atoms with Crippen LogP contribution in [0.4, 0.5) is 0 Å². The molecule has 102 valence electrons. The number of ketones is 2. The van der Waals surface area contributed by atoms with E-state index in [2.05, 4.69) is 0 Å². The number of carbonyl (C=O) groups is 2. The maximum absolute atomic E-state index is 11.2. The van der Waals surface area contributed by atoms with E-state index in [9.17, 15) is 9.59 Å². The zero-order valence-corrected chi connectivity index (χ0v) is 14.7. The van der Waals surface area contributed by atoms with Crippen LogP contribution >= 0.6 is 0 Å². The molecule has 0 spiro atoms. The fourth-order valence-corrected chi connectivity index (χ4v) is 7.55. The minimum atomic E-state index is 0.106. The van der Waals surface area contributed by atoms with Gasteiger partial charge in [0.05, 0.1) is 0 Å². The van der Waals surface area contributed by atoms with Gasteiger partial charge in [0.2, 0.25) is 0 Å². The fourth-order valence-electron chi connectivity index (χ4n) is 1.59. The molecule has 0 atom stereocenters. The van der Waals surface area contributed by atoms with Crippen LogP contribution in [0.15, 0.2) is 48.5 Å². The van der Waals surface area contributed by atoms with Crippen molar-refractivity contribution < 1.29 is 9.59 Å². The molecule has 0 aromatic heterocycles. The molecule has 0 fully saturated rings. The van der Waals surface area contributed by atoms with Gasteiger partial charge in [0, 0.05) is 0 Å². The molecule has 2 aromatic rings. The van der Waals surface area contributed by atoms with Crippen molar-refractivity contribution in [2.45, 2.75) is 13.8 Å². The number of Topliss-reactive ketones (excluding diaryl/α,β-unsaturated/α-hetero) is 2. The second-order valence-corrected chi connectivity index (χ2v) is 10.6. The van der Waals surface area contributed by atoms with E-state index >= 15 is 0 Å². The van der Waals surface area contributed by atoms with E-state index in [1.54, 1.807) is 13.8 Å². The molecule has 0 aliphatic rings. The average Bonchev–Trinajstić information content (AvgIpc) is 2.46. The van der Waals surface area contributed by atoms with Crippen LogP contribution in [0.1, 0.15) is 34.6 Å². The van der Waals surface area contributed by atoms with Crippen molar-refractivity contribution >= 4 is 46.8 Å². The third-order valence-corrected chi connectivity index (χ3v) is 9.98. The van der Waals surface area contributed by atoms with E-state index in [0.29, 0.717) is 26.3 Å². The minimum absolute atomic E-state index is 0.106. The van der Waals surface area contributed by atoms with Gasteiger partial charge in [-0.3, -0.25) is 0 Å². The Kier molecular flexibility index (Phi) is 5.33. The molecule has 0 N–H and O–H groups in total. The standard InChI is InChI=1S/C16H14O2Se2/c1-11(17)13-3-7-15(8-4-13)19-20-16-9-5-14(6-10-16)12(2)18/h3-10H,1-2H3. The first kappa shape index (κ1) is 15.2. The Labute approximate surface area is 129 Å². The van der Waals surface area contributed by atoms with Gasteiger partial charge < -0.3 is 0 Å². The number of hydrogen-bond acceptors (Lipinski definition) is 2. The van der Waals surface area contributed by atoms with E-state index in [-0.39, 0.29) is 11.6 Å². The van der Waals surface area contributed by atoms with Gasteiger partial charge in [0.15, 0.2) is 0 Å². The van der Waals surface area contributed by atoms with Gasteiger partial charge in [-0.2, -0.15) is 0 Å². The molecular weight excluding hydrogens is 382 g/mol. The van der Waals surface area contributed by atoms with Crippen LogP contribution in [0.5, 0.6) is 0 Å². The Bertz CT molecular complexity index is 558. The van der Waals surface area contributed by atoms with Crippen LogP contribution in [0.2, 0.25) is 0 Å². The zero-order chi connectivity index (χ0) is 14.5. The SMILES string of the molecule is CC(=O)c1ccc([Se][Se]c2ccc(C(C)=O)cc2)cc1. The molecule has 2 nitrogen and oxygen atoms in total. The molecular formula is C16H14O2Se2. The second-order valence-electron chi connectivity index (χ2n) is 4.33. The number of carbonyl (C=O) groups excluding carboxylic acids is 2. The Morgan fingerprint density at radius 3 is 1.20 bits per heavy atom. The molecule has 0 unspecified atom stereocenters. The van der Waals surface area contributed by atoms with Gasteiger partial charge in [-0.15, -0.1) is 0 Å². The molecule has 0 amide bonds. The van der Waals surface area contributed by atoms with E-state index in [0.717, 1.165) is 11.1 Å². The third kappa shape index (κ3) is 4.16. The average molecular weight is 396 g/mol. The third-order valence-electron chi connectivity index (χ3n) is 2.76. The van der Waals surface area contributed by atoms with E-state index in [1.165, 1.54) is 8.92 Å². The van der Waals surface area contributed by atoms with E-state index in [4.69, 9.17) is 0 Å². The predicted octanol–water partition coefficient (Wildman–Crippen LogP) is 1.37. The summed E-state index contributed by atoms with van der Waals surface area (Å²) in [6, 6.07) is 15.8. The zero-order valence-electron chi connectivity index (χ0n) is 11.3. The summed E-state index contributed by atoms with van der Waals surface area (Å²) in [5.41, 5.74) is 1.53. The van der Waals surface area contributed by atoms with Gasteiger partial charge in [0.25, 0.3) is 0 Å². The monoisotopic (exact) mass is 398 g/mol. The summed E-state index contributed by atoms with van der Waals surface area (Å²) in [6.07, 6.45) is 0. The summed E-state index contributed by atoms with van der Waals surface area (Å²) in [6.45, 7) is 3.17. The molecule has 2 rings (SSSR count). The van der Waals surface area contributed by atoms with Crippen LogP contribution in [-0.4, -0.2) is 37.8 Å². The van der Waals surface area contributed by atoms with E-state index in [1.807, 2.05) is 48.5 Å². The number of hydrogen-bond donors (Lipinski definition) is 0. The van der Waals surface area contributed by atoms with Crippen LogP contribution in [-0.2, 0) is 0 Å². The molecule has 0 heterocycles. The molecule has 0 aliphatic heterocycles. The molecule has 0 radical (unpaired) electrons. The molecule has 4 heteroatoms. The summed E-state index contributed by atoms with van der Waals surface area (Å²) in [4.78, 5) is 22.4. The van der Waals surface area contributed by atoms with Crippen molar-refractivity contribution in [1.29, 1.82) is 0 Å². The Hall–Kier alpha value is -1.18. The number of benzene rings is 2. The summed E-state index contributed by atoms with van der Waals surface area (Å²) >= 11 is 0.806. The Morgan fingerprint density at radius 2 is 0.950 bits per heavy atom. The Morgan fingerprint density at radius 1 is 0.650 bits per heavy atom. The van der Waals surface area contributed by atoms with Crippen LogP contribution in [0.3, 0.4) is 0 Å². The van der Waals surface area contributed by atoms with Gasteiger partial charge in [-0.1, -0.05) is 0 Å². The summed E-state index contributed by atoms with van der Waals surface area (Å²) in [5, 5.41) is 0. The van der Waals surface area contributed by atoms with E-state index < -0.39 is 0 Å². The normalized spacial score (nSPS) is 10.3. The summed E-state index contributed by atoms with van der Waals surface area (Å²) in [5.74, 6) is 0.212. The molecule has 0 bridgehead atoms. The van der Waals surface area contributed by atoms with Gasteiger partial charge >= 0.3 is 130 Å². The molecule has 0 saturated heterocycles. The van der Waals surface area contributed by atoms with Crippen LogP contribution < -0.4 is 8.92 Å². The summed E-state index contributed by atoms with van der Waals surface area (Å²) < 4.78 is 2.61. The fraction of sp³-hybridized carbons (Fsp3) is 0.125. The van der Waals surface area contributed by atoms with Gasteiger partial charge in [-0.05, 0) is 0 Å². The first-order valence-corrected chi connectivity index (χ1v) is 12.2. The predicted molar refractivity (Wildman–Crippen MR) is 83.7 cm³/mol. The van der Waals surface area contributed by atoms with Crippen molar-refractivity contribution in [2.75, 3.05) is 0 Å². The Balaban J connectivity index is 1.97. The van der Waals surface area contributed by atoms with Crippen molar-refractivity contribution in [3.05, 3.63) is 59.7 Å². The molecule has 2 aromatic carbocycles. The van der Waals surface area contributed by atoms with Crippen molar-refractivity contribution in [1.82, 2.24) is 0 Å². The maximum atomic E-state index is 11.2. The van der Waals surface area contributed by atoms with Crippen LogP contribution in [0, 0.1) is 0 Å². The van der Waals surface area contributed by atoms with Gasteiger partial charge in [0.1, 0.15) is 0 Å². The van der Waals surface area contributed by atoms with Gasteiger partial charge in [-0.25, -0.2) is 0 Å². The summed E-state index contributed by atoms with van der Waals surface area (Å²) in [7, 11) is 0. The van der Waals surface area contributed by atoms with Crippen molar-refractivity contribution in [2.24, 2.45) is 0 Å².